The topological polar surface area (TPSA) is 51.7 Å². The van der Waals surface area contributed by atoms with Gasteiger partial charge in [0.15, 0.2) is 17.3 Å². The number of piperidine rings is 1. The van der Waals surface area contributed by atoms with Gasteiger partial charge in [0.1, 0.15) is 0 Å². The van der Waals surface area contributed by atoms with Gasteiger partial charge in [-0.05, 0) is 61.3 Å². The van der Waals surface area contributed by atoms with Gasteiger partial charge in [-0.1, -0.05) is 12.1 Å². The zero-order valence-electron chi connectivity index (χ0n) is 16.9. The van der Waals surface area contributed by atoms with Crippen molar-refractivity contribution in [2.45, 2.75) is 19.4 Å². The van der Waals surface area contributed by atoms with Gasteiger partial charge in [0.05, 0.1) is 19.7 Å². The molecule has 0 bridgehead atoms. The van der Waals surface area contributed by atoms with Crippen molar-refractivity contribution in [3.63, 3.8) is 0 Å². The van der Waals surface area contributed by atoms with E-state index < -0.39 is 0 Å². The van der Waals surface area contributed by atoms with Gasteiger partial charge in [-0.15, -0.1) is 0 Å². The number of likely N-dealkylation sites (tertiary alicyclic amines) is 1. The molecule has 2 heterocycles. The molecule has 3 aromatic rings. The number of hydrogen-bond donors (Lipinski definition) is 0. The molecule has 0 aliphatic carbocycles. The number of methoxy groups -OCH3 is 2. The summed E-state index contributed by atoms with van der Waals surface area (Å²) in [7, 11) is 3.19. The van der Waals surface area contributed by atoms with E-state index in [1.165, 1.54) is 5.56 Å². The van der Waals surface area contributed by atoms with Crippen LogP contribution in [-0.2, 0) is 6.54 Å². The van der Waals surface area contributed by atoms with Crippen LogP contribution in [-0.4, -0.2) is 43.0 Å². The van der Waals surface area contributed by atoms with Crippen LogP contribution in [0.15, 0.2) is 54.7 Å². The van der Waals surface area contributed by atoms with Crippen LogP contribution in [0.4, 0.5) is 0 Å². The minimum absolute atomic E-state index is 0.00368. The molecule has 1 aliphatic heterocycles. The van der Waals surface area contributed by atoms with E-state index in [-0.39, 0.29) is 11.7 Å². The fraction of sp³-hybridized carbons (Fsp3) is 0.333. The predicted octanol–water partition coefficient (Wildman–Crippen LogP) is 4.35. The summed E-state index contributed by atoms with van der Waals surface area (Å²) in [6.07, 6.45) is 3.77. The number of ether oxygens (including phenoxy) is 2. The molecule has 1 atom stereocenters. The number of rotatable bonds is 6. The van der Waals surface area contributed by atoms with Gasteiger partial charge in [0.25, 0.3) is 0 Å². The van der Waals surface area contributed by atoms with E-state index in [2.05, 4.69) is 34.1 Å². The summed E-state index contributed by atoms with van der Waals surface area (Å²) < 4.78 is 10.6. The molecule has 5 nitrogen and oxygen atoms in total. The van der Waals surface area contributed by atoms with E-state index in [9.17, 15) is 4.79 Å². The van der Waals surface area contributed by atoms with Crippen LogP contribution in [0.5, 0.6) is 11.5 Å². The quantitative estimate of drug-likeness (QED) is 0.586. The Hall–Kier alpha value is -2.92. The number of pyridine rings is 1. The van der Waals surface area contributed by atoms with Crippen molar-refractivity contribution in [2.75, 3.05) is 27.3 Å². The molecule has 1 saturated heterocycles. The molecule has 0 N–H and O–H groups in total. The number of ketones is 1. The highest BCUT2D eigenvalue weighted by Crippen LogP contribution is 2.30. The van der Waals surface area contributed by atoms with E-state index in [4.69, 9.17) is 9.47 Å². The number of aromatic nitrogens is 1. The van der Waals surface area contributed by atoms with Crippen LogP contribution < -0.4 is 9.47 Å². The summed E-state index contributed by atoms with van der Waals surface area (Å²) in [5.74, 6) is 1.42. The summed E-state index contributed by atoms with van der Waals surface area (Å²) >= 11 is 0. The van der Waals surface area contributed by atoms with Crippen LogP contribution >= 0.6 is 0 Å². The van der Waals surface area contributed by atoms with E-state index in [1.54, 1.807) is 26.4 Å². The molecule has 2 aromatic carbocycles. The van der Waals surface area contributed by atoms with Crippen molar-refractivity contribution < 1.29 is 14.3 Å². The van der Waals surface area contributed by atoms with E-state index in [0.717, 1.165) is 43.4 Å². The van der Waals surface area contributed by atoms with Crippen LogP contribution in [0.3, 0.4) is 0 Å². The zero-order chi connectivity index (χ0) is 20.2. The summed E-state index contributed by atoms with van der Waals surface area (Å²) in [5, 5.41) is 1.15. The van der Waals surface area contributed by atoms with Crippen LogP contribution in [0.25, 0.3) is 10.9 Å². The highest BCUT2D eigenvalue weighted by atomic mass is 16.5. The lowest BCUT2D eigenvalue weighted by molar-refractivity contribution is 0.0811. The van der Waals surface area contributed by atoms with Gasteiger partial charge < -0.3 is 9.47 Å². The average Bonchev–Trinajstić information content (AvgIpc) is 2.78. The lowest BCUT2D eigenvalue weighted by Crippen LogP contribution is -2.38. The van der Waals surface area contributed by atoms with E-state index in [1.807, 2.05) is 18.3 Å². The molecule has 29 heavy (non-hydrogen) atoms. The Labute approximate surface area is 171 Å². The molecule has 5 heteroatoms. The van der Waals surface area contributed by atoms with Crippen molar-refractivity contribution in [1.82, 2.24) is 9.88 Å². The van der Waals surface area contributed by atoms with Crippen molar-refractivity contribution in [2.24, 2.45) is 5.92 Å². The molecule has 1 aromatic heterocycles. The van der Waals surface area contributed by atoms with Crippen molar-refractivity contribution in [3.05, 3.63) is 65.9 Å². The molecule has 0 saturated carbocycles. The first-order valence-electron chi connectivity index (χ1n) is 10.00. The van der Waals surface area contributed by atoms with Gasteiger partial charge in [-0.2, -0.15) is 0 Å². The number of hydrogen-bond acceptors (Lipinski definition) is 5. The molecule has 0 amide bonds. The van der Waals surface area contributed by atoms with Crippen LogP contribution in [0.2, 0.25) is 0 Å². The smallest absolute Gasteiger partial charge is 0.167 e. The number of nitrogens with zero attached hydrogens (tertiary/aromatic N) is 2. The monoisotopic (exact) mass is 390 g/mol. The fourth-order valence-corrected chi connectivity index (χ4v) is 4.12. The Morgan fingerprint density at radius 3 is 2.79 bits per heavy atom. The highest BCUT2D eigenvalue weighted by molar-refractivity contribution is 5.98. The molecule has 1 aliphatic rings. The largest absolute Gasteiger partial charge is 0.493 e. The maximum absolute atomic E-state index is 13.1. The van der Waals surface area contributed by atoms with Crippen molar-refractivity contribution in [1.29, 1.82) is 0 Å². The Bertz CT molecular complexity index is 1020. The second-order valence-corrected chi connectivity index (χ2v) is 7.54. The first-order chi connectivity index (χ1) is 14.2. The first kappa shape index (κ1) is 19.4. The number of benzene rings is 2. The third-order valence-corrected chi connectivity index (χ3v) is 5.62. The lowest BCUT2D eigenvalue weighted by atomic mass is 9.89. The fourth-order valence-electron chi connectivity index (χ4n) is 4.12. The first-order valence-corrected chi connectivity index (χ1v) is 10.00. The third-order valence-electron chi connectivity index (χ3n) is 5.62. The van der Waals surface area contributed by atoms with E-state index >= 15 is 0 Å². The molecule has 4 rings (SSSR count). The molecule has 0 radical (unpaired) electrons. The molecule has 1 fully saturated rings. The summed E-state index contributed by atoms with van der Waals surface area (Å²) in [4.78, 5) is 19.9. The van der Waals surface area contributed by atoms with Crippen LogP contribution in [0, 0.1) is 5.92 Å². The number of carbonyl (C=O) groups excluding carboxylic acids is 1. The minimum atomic E-state index is 0.00368. The van der Waals surface area contributed by atoms with Crippen molar-refractivity contribution >= 4 is 16.7 Å². The van der Waals surface area contributed by atoms with Gasteiger partial charge in [-0.3, -0.25) is 14.7 Å². The summed E-state index contributed by atoms with van der Waals surface area (Å²) in [6.45, 7) is 2.64. The molecule has 0 spiro atoms. The number of carbonyl (C=O) groups is 1. The standard InChI is InChI=1S/C24H26N2O3/c1-28-22-10-8-19(14-23(22)29-2)24(27)20-6-4-12-26(16-20)15-17-7-9-21-18(13-17)5-3-11-25-21/h3,5,7-11,13-14,20H,4,6,12,15-16H2,1-2H3/t20-/m1/s1. The summed E-state index contributed by atoms with van der Waals surface area (Å²) in [5.41, 5.74) is 2.95. The third kappa shape index (κ3) is 4.25. The SMILES string of the molecule is COc1ccc(C(=O)[C@@H]2CCCN(Cc3ccc4ncccc4c3)C2)cc1OC. The normalized spacial score (nSPS) is 17.2. The second kappa shape index (κ2) is 8.62. The maximum atomic E-state index is 13.1. The maximum Gasteiger partial charge on any atom is 0.167 e. The number of fused-ring (bicyclic) bond motifs is 1. The summed E-state index contributed by atoms with van der Waals surface area (Å²) in [6, 6.07) is 15.9. The number of Topliss-reactive ketones (excluding diaryl/α,β-unsaturated/α-hetero) is 1. The molecule has 150 valence electrons. The van der Waals surface area contributed by atoms with Gasteiger partial charge in [0, 0.05) is 36.2 Å². The van der Waals surface area contributed by atoms with Crippen molar-refractivity contribution in [3.8, 4) is 11.5 Å². The van der Waals surface area contributed by atoms with Gasteiger partial charge in [-0.25, -0.2) is 0 Å². The van der Waals surface area contributed by atoms with E-state index in [0.29, 0.717) is 17.1 Å². The van der Waals surface area contributed by atoms with Crippen LogP contribution in [0.1, 0.15) is 28.8 Å². The Morgan fingerprint density at radius 2 is 1.97 bits per heavy atom. The van der Waals surface area contributed by atoms with Gasteiger partial charge in [0.2, 0.25) is 0 Å². The second-order valence-electron chi connectivity index (χ2n) is 7.54. The zero-order valence-corrected chi connectivity index (χ0v) is 16.9. The van der Waals surface area contributed by atoms with Gasteiger partial charge >= 0.3 is 0 Å². The molecular formula is C24H26N2O3. The Balaban J connectivity index is 1.46. The highest BCUT2D eigenvalue weighted by Gasteiger charge is 2.27. The molecular weight excluding hydrogens is 364 g/mol. The molecule has 0 unspecified atom stereocenters. The lowest BCUT2D eigenvalue weighted by Gasteiger charge is -2.32. The minimum Gasteiger partial charge on any atom is -0.493 e. The Kier molecular flexibility index (Phi) is 5.76. The predicted molar refractivity (Wildman–Crippen MR) is 114 cm³/mol. The average molecular weight is 390 g/mol. The Morgan fingerprint density at radius 1 is 1.10 bits per heavy atom.